The van der Waals surface area contributed by atoms with E-state index in [1.165, 1.54) is 4.90 Å². The summed E-state index contributed by atoms with van der Waals surface area (Å²) < 4.78 is 0. The smallest absolute Gasteiger partial charge is 0.255 e. The fraction of sp³-hybridized carbons (Fsp3) is 0.429. The summed E-state index contributed by atoms with van der Waals surface area (Å²) >= 11 is 11.9. The Morgan fingerprint density at radius 2 is 1.95 bits per heavy atom. The highest BCUT2D eigenvalue weighted by Crippen LogP contribution is 2.26. The van der Waals surface area contributed by atoms with Crippen LogP contribution in [0.25, 0.3) is 0 Å². The number of hydrogen-bond donors (Lipinski definition) is 1. The molecular weight excluding hydrogens is 313 g/mol. The third kappa shape index (κ3) is 3.87. The van der Waals surface area contributed by atoms with Crippen LogP contribution in [0, 0.1) is 0 Å². The summed E-state index contributed by atoms with van der Waals surface area (Å²) in [7, 11) is 1.58. The van der Waals surface area contributed by atoms with E-state index in [1.807, 2.05) is 0 Å². The fourth-order valence-electron chi connectivity index (χ4n) is 2.16. The summed E-state index contributed by atoms with van der Waals surface area (Å²) in [5.74, 6) is -0.378. The van der Waals surface area contributed by atoms with Crippen LogP contribution in [-0.4, -0.2) is 61.4 Å². The zero-order valence-electron chi connectivity index (χ0n) is 11.7. The van der Waals surface area contributed by atoms with Crippen molar-refractivity contribution in [3.63, 3.8) is 0 Å². The van der Waals surface area contributed by atoms with Gasteiger partial charge in [0.2, 0.25) is 5.91 Å². The third-order valence-corrected chi connectivity index (χ3v) is 4.19. The monoisotopic (exact) mass is 329 g/mol. The first-order valence-corrected chi connectivity index (χ1v) is 7.44. The lowest BCUT2D eigenvalue weighted by Crippen LogP contribution is -2.49. The molecule has 0 aromatic heterocycles. The van der Waals surface area contributed by atoms with Gasteiger partial charge < -0.3 is 15.1 Å². The zero-order chi connectivity index (χ0) is 15.4. The van der Waals surface area contributed by atoms with Crippen LogP contribution < -0.4 is 5.32 Å². The molecule has 0 atom stereocenters. The molecule has 1 aliphatic heterocycles. The molecule has 1 aromatic carbocycles. The van der Waals surface area contributed by atoms with Crippen molar-refractivity contribution in [3.05, 3.63) is 33.8 Å². The number of amides is 2. The highest BCUT2D eigenvalue weighted by Gasteiger charge is 2.22. The van der Waals surface area contributed by atoms with Gasteiger partial charge in [0.05, 0.1) is 22.2 Å². The SMILES string of the molecule is CN(CC(=O)N1CCNCC1)C(=O)c1cccc(Cl)c1Cl. The van der Waals surface area contributed by atoms with Gasteiger partial charge >= 0.3 is 0 Å². The molecule has 0 saturated carbocycles. The van der Waals surface area contributed by atoms with Crippen LogP contribution in [-0.2, 0) is 4.79 Å². The lowest BCUT2D eigenvalue weighted by Gasteiger charge is -2.29. The first-order chi connectivity index (χ1) is 10.0. The number of rotatable bonds is 3. The molecular formula is C14H17Cl2N3O2. The van der Waals surface area contributed by atoms with Crippen LogP contribution in [0.5, 0.6) is 0 Å². The molecule has 114 valence electrons. The topological polar surface area (TPSA) is 52.7 Å². The van der Waals surface area contributed by atoms with Crippen molar-refractivity contribution >= 4 is 35.0 Å². The molecule has 1 fully saturated rings. The van der Waals surface area contributed by atoms with Crippen LogP contribution >= 0.6 is 23.2 Å². The van der Waals surface area contributed by atoms with Gasteiger partial charge in [0.25, 0.3) is 5.91 Å². The van der Waals surface area contributed by atoms with E-state index in [9.17, 15) is 9.59 Å². The van der Waals surface area contributed by atoms with E-state index in [0.29, 0.717) is 23.7 Å². The lowest BCUT2D eigenvalue weighted by atomic mass is 10.2. The number of likely N-dealkylation sites (N-methyl/N-ethyl adjacent to an activating group) is 1. The predicted octanol–water partition coefficient (Wildman–Crippen LogP) is 1.50. The molecule has 1 saturated heterocycles. The largest absolute Gasteiger partial charge is 0.339 e. The van der Waals surface area contributed by atoms with Gasteiger partial charge in [0, 0.05) is 33.2 Å². The van der Waals surface area contributed by atoms with Gasteiger partial charge in [-0.1, -0.05) is 29.3 Å². The minimum absolute atomic E-state index is 0.0294. The van der Waals surface area contributed by atoms with Crippen molar-refractivity contribution in [3.8, 4) is 0 Å². The van der Waals surface area contributed by atoms with Crippen molar-refractivity contribution in [1.29, 1.82) is 0 Å². The van der Waals surface area contributed by atoms with E-state index >= 15 is 0 Å². The average molecular weight is 330 g/mol. The molecule has 2 rings (SSSR count). The van der Waals surface area contributed by atoms with Gasteiger partial charge in [0.15, 0.2) is 0 Å². The van der Waals surface area contributed by atoms with E-state index in [-0.39, 0.29) is 23.4 Å². The maximum absolute atomic E-state index is 12.3. The first kappa shape index (κ1) is 16.1. The van der Waals surface area contributed by atoms with Gasteiger partial charge in [-0.2, -0.15) is 0 Å². The van der Waals surface area contributed by atoms with Crippen molar-refractivity contribution < 1.29 is 9.59 Å². The molecule has 0 spiro atoms. The third-order valence-electron chi connectivity index (χ3n) is 3.37. The molecule has 21 heavy (non-hydrogen) atoms. The van der Waals surface area contributed by atoms with E-state index in [0.717, 1.165) is 13.1 Å². The molecule has 5 nitrogen and oxygen atoms in total. The van der Waals surface area contributed by atoms with Crippen molar-refractivity contribution in [1.82, 2.24) is 15.1 Å². The molecule has 1 heterocycles. The van der Waals surface area contributed by atoms with Crippen molar-refractivity contribution in [2.45, 2.75) is 0 Å². The lowest BCUT2D eigenvalue weighted by molar-refractivity contribution is -0.132. The van der Waals surface area contributed by atoms with Gasteiger partial charge in [-0.05, 0) is 12.1 Å². The number of nitrogens with zero attached hydrogens (tertiary/aromatic N) is 2. The Balaban J connectivity index is 2.02. The number of hydrogen-bond acceptors (Lipinski definition) is 3. The molecule has 1 aliphatic rings. The predicted molar refractivity (Wildman–Crippen MR) is 82.9 cm³/mol. The van der Waals surface area contributed by atoms with Crippen molar-refractivity contribution in [2.24, 2.45) is 0 Å². The maximum atomic E-state index is 12.3. The summed E-state index contributed by atoms with van der Waals surface area (Å²) in [4.78, 5) is 27.6. The number of halogens is 2. The molecule has 0 bridgehead atoms. The molecule has 0 unspecified atom stereocenters. The second-order valence-electron chi connectivity index (χ2n) is 4.89. The highest BCUT2D eigenvalue weighted by molar-refractivity contribution is 6.43. The van der Waals surface area contributed by atoms with Gasteiger partial charge in [-0.3, -0.25) is 9.59 Å². The molecule has 7 heteroatoms. The Kier molecular flexibility index (Phi) is 5.45. The second kappa shape index (κ2) is 7.11. The Labute approximate surface area is 133 Å². The number of benzene rings is 1. The van der Waals surface area contributed by atoms with E-state index in [2.05, 4.69) is 5.32 Å². The van der Waals surface area contributed by atoms with Crippen molar-refractivity contribution in [2.75, 3.05) is 39.8 Å². The van der Waals surface area contributed by atoms with E-state index in [4.69, 9.17) is 23.2 Å². The summed E-state index contributed by atoms with van der Waals surface area (Å²) in [5.41, 5.74) is 0.305. The number of carbonyl (C=O) groups is 2. The Hall–Kier alpha value is -1.30. The minimum atomic E-state index is -0.314. The highest BCUT2D eigenvalue weighted by atomic mass is 35.5. The second-order valence-corrected chi connectivity index (χ2v) is 5.68. The van der Waals surface area contributed by atoms with Crippen LogP contribution in [0.15, 0.2) is 18.2 Å². The first-order valence-electron chi connectivity index (χ1n) is 6.68. The van der Waals surface area contributed by atoms with Crippen LogP contribution in [0.1, 0.15) is 10.4 Å². The summed E-state index contributed by atoms with van der Waals surface area (Å²) in [5, 5.41) is 3.72. The van der Waals surface area contributed by atoms with Crippen LogP contribution in [0.3, 0.4) is 0 Å². The quantitative estimate of drug-likeness (QED) is 0.914. The zero-order valence-corrected chi connectivity index (χ0v) is 13.2. The molecule has 0 radical (unpaired) electrons. The standard InChI is InChI=1S/C14H17Cl2N3O2/c1-18(9-12(20)19-7-5-17-6-8-19)14(21)10-3-2-4-11(15)13(10)16/h2-4,17H,5-9H2,1H3. The Bertz CT molecular complexity index is 545. The Morgan fingerprint density at radius 1 is 1.29 bits per heavy atom. The van der Waals surface area contributed by atoms with Gasteiger partial charge in [0.1, 0.15) is 0 Å². The van der Waals surface area contributed by atoms with Gasteiger partial charge in [-0.25, -0.2) is 0 Å². The van der Waals surface area contributed by atoms with Crippen LogP contribution in [0.2, 0.25) is 10.0 Å². The molecule has 1 N–H and O–H groups in total. The maximum Gasteiger partial charge on any atom is 0.255 e. The number of piperazine rings is 1. The molecule has 0 aliphatic carbocycles. The molecule has 2 amide bonds. The van der Waals surface area contributed by atoms with Gasteiger partial charge in [-0.15, -0.1) is 0 Å². The minimum Gasteiger partial charge on any atom is -0.339 e. The summed E-state index contributed by atoms with van der Waals surface area (Å²) in [6, 6.07) is 4.88. The Morgan fingerprint density at radius 3 is 2.62 bits per heavy atom. The number of nitrogens with one attached hydrogen (secondary N) is 1. The summed E-state index contributed by atoms with van der Waals surface area (Å²) in [6.45, 7) is 2.92. The molecule has 1 aromatic rings. The van der Waals surface area contributed by atoms with E-state index < -0.39 is 0 Å². The average Bonchev–Trinajstić information content (AvgIpc) is 2.50. The fourth-order valence-corrected chi connectivity index (χ4v) is 2.54. The van der Waals surface area contributed by atoms with E-state index in [1.54, 1.807) is 30.1 Å². The number of carbonyl (C=O) groups excluding carboxylic acids is 2. The summed E-state index contributed by atoms with van der Waals surface area (Å²) in [6.07, 6.45) is 0. The van der Waals surface area contributed by atoms with Crippen LogP contribution in [0.4, 0.5) is 0 Å². The normalized spacial score (nSPS) is 14.9.